The summed E-state index contributed by atoms with van der Waals surface area (Å²) in [5.41, 5.74) is 2.41. The number of carbonyl (C=O) groups is 2. The number of ketones is 1. The predicted molar refractivity (Wildman–Crippen MR) is 78.4 cm³/mol. The van der Waals surface area contributed by atoms with Gasteiger partial charge in [-0.2, -0.15) is 0 Å². The second-order valence-electron chi connectivity index (χ2n) is 5.40. The Bertz CT molecular complexity index is 666. The van der Waals surface area contributed by atoms with Gasteiger partial charge in [-0.1, -0.05) is 12.1 Å². The smallest absolute Gasteiger partial charge is 0.337 e. The maximum Gasteiger partial charge on any atom is 0.337 e. The van der Waals surface area contributed by atoms with Crippen molar-refractivity contribution in [2.45, 2.75) is 19.4 Å². The van der Waals surface area contributed by atoms with Gasteiger partial charge in [-0.3, -0.25) is 4.79 Å². The summed E-state index contributed by atoms with van der Waals surface area (Å²) in [6, 6.07) is 9.18. The number of carbonyl (C=O) groups excluding carboxylic acids is 2. The maximum absolute atomic E-state index is 12.0. The Hall–Kier alpha value is -2.36. The normalized spacial score (nSPS) is 14.0. The fourth-order valence-electron chi connectivity index (χ4n) is 2.34. The third-order valence-electron chi connectivity index (χ3n) is 3.72. The average Bonchev–Trinajstić information content (AvgIpc) is 3.26. The van der Waals surface area contributed by atoms with Crippen molar-refractivity contribution in [1.82, 2.24) is 4.57 Å². The molecule has 1 saturated carbocycles. The van der Waals surface area contributed by atoms with Crippen LogP contribution in [-0.2, 0) is 11.3 Å². The highest BCUT2D eigenvalue weighted by atomic mass is 16.5. The van der Waals surface area contributed by atoms with Crippen molar-refractivity contribution in [3.8, 4) is 0 Å². The lowest BCUT2D eigenvalue weighted by Crippen LogP contribution is -2.03. The van der Waals surface area contributed by atoms with Crippen LogP contribution in [0.1, 0.15) is 39.1 Å². The molecular weight excluding hydrogens is 266 g/mol. The van der Waals surface area contributed by atoms with Gasteiger partial charge in [0.25, 0.3) is 0 Å². The van der Waals surface area contributed by atoms with Gasteiger partial charge in [0.2, 0.25) is 0 Å². The molecule has 0 saturated heterocycles. The highest BCUT2D eigenvalue weighted by Gasteiger charge is 2.30. The molecule has 0 atom stereocenters. The van der Waals surface area contributed by atoms with E-state index in [1.54, 1.807) is 12.1 Å². The predicted octanol–water partition coefficient (Wildman–Crippen LogP) is 2.92. The number of hydrogen-bond donors (Lipinski definition) is 0. The molecule has 1 aliphatic carbocycles. The van der Waals surface area contributed by atoms with Gasteiger partial charge >= 0.3 is 5.97 Å². The first-order chi connectivity index (χ1) is 10.2. The molecular formula is C17H17NO3. The fourth-order valence-corrected chi connectivity index (χ4v) is 2.34. The SMILES string of the molecule is COC(=O)c1ccc(Cn2ccc(C(=O)C3CC3)c2)cc1. The molecule has 4 nitrogen and oxygen atoms in total. The van der Waals surface area contributed by atoms with Crippen molar-refractivity contribution in [3.63, 3.8) is 0 Å². The summed E-state index contributed by atoms with van der Waals surface area (Å²) in [6.07, 6.45) is 5.87. The standard InChI is InChI=1S/C17H17NO3/c1-21-17(20)14-4-2-12(3-5-14)10-18-9-8-15(11-18)16(19)13-6-7-13/h2-5,8-9,11,13H,6-7,10H2,1H3. The fraction of sp³-hybridized carbons (Fsp3) is 0.294. The van der Waals surface area contributed by atoms with E-state index in [9.17, 15) is 9.59 Å². The van der Waals surface area contributed by atoms with Crippen LogP contribution in [0.15, 0.2) is 42.7 Å². The molecule has 3 rings (SSSR count). The lowest BCUT2D eigenvalue weighted by Gasteiger charge is -2.04. The van der Waals surface area contributed by atoms with Crippen LogP contribution < -0.4 is 0 Å². The summed E-state index contributed by atoms with van der Waals surface area (Å²) in [7, 11) is 1.37. The van der Waals surface area contributed by atoms with Crippen molar-refractivity contribution in [2.24, 2.45) is 5.92 Å². The topological polar surface area (TPSA) is 48.3 Å². The van der Waals surface area contributed by atoms with Crippen LogP contribution in [0.3, 0.4) is 0 Å². The van der Waals surface area contributed by atoms with E-state index < -0.39 is 0 Å². The Labute approximate surface area is 123 Å². The van der Waals surface area contributed by atoms with Crippen molar-refractivity contribution in [1.29, 1.82) is 0 Å². The van der Waals surface area contributed by atoms with E-state index in [-0.39, 0.29) is 17.7 Å². The molecule has 2 aromatic rings. The van der Waals surface area contributed by atoms with Gasteiger partial charge in [-0.05, 0) is 36.6 Å². The lowest BCUT2D eigenvalue weighted by atomic mass is 10.1. The van der Waals surface area contributed by atoms with E-state index in [0.717, 1.165) is 24.0 Å². The number of hydrogen-bond acceptors (Lipinski definition) is 3. The lowest BCUT2D eigenvalue weighted by molar-refractivity contribution is 0.0600. The monoisotopic (exact) mass is 283 g/mol. The van der Waals surface area contributed by atoms with E-state index in [1.165, 1.54) is 7.11 Å². The molecule has 0 bridgehead atoms. The van der Waals surface area contributed by atoms with E-state index in [2.05, 4.69) is 4.74 Å². The van der Waals surface area contributed by atoms with Crippen molar-refractivity contribution < 1.29 is 14.3 Å². The highest BCUT2D eigenvalue weighted by molar-refractivity contribution is 5.99. The third-order valence-corrected chi connectivity index (χ3v) is 3.72. The highest BCUT2D eigenvalue weighted by Crippen LogP contribution is 2.32. The van der Waals surface area contributed by atoms with Gasteiger partial charge < -0.3 is 9.30 Å². The average molecular weight is 283 g/mol. The first-order valence-electron chi connectivity index (χ1n) is 7.04. The molecule has 1 heterocycles. The first kappa shape index (κ1) is 13.6. The zero-order chi connectivity index (χ0) is 14.8. The zero-order valence-corrected chi connectivity index (χ0v) is 11.9. The van der Waals surface area contributed by atoms with Crippen LogP contribution in [0.25, 0.3) is 0 Å². The first-order valence-corrected chi connectivity index (χ1v) is 7.04. The van der Waals surface area contributed by atoms with E-state index in [1.807, 2.05) is 35.2 Å². The third kappa shape index (κ3) is 3.05. The molecule has 0 amide bonds. The summed E-state index contributed by atoms with van der Waals surface area (Å²) >= 11 is 0. The zero-order valence-electron chi connectivity index (χ0n) is 11.9. The number of esters is 1. The number of rotatable bonds is 5. The molecule has 1 aliphatic rings. The van der Waals surface area contributed by atoms with Gasteiger partial charge in [0, 0.05) is 30.4 Å². The second kappa shape index (κ2) is 5.56. The molecule has 21 heavy (non-hydrogen) atoms. The maximum atomic E-state index is 12.0. The summed E-state index contributed by atoms with van der Waals surface area (Å²) in [4.78, 5) is 23.3. The number of Topliss-reactive ketones (excluding diaryl/α,β-unsaturated/α-hetero) is 1. The van der Waals surface area contributed by atoms with Crippen LogP contribution in [0.2, 0.25) is 0 Å². The van der Waals surface area contributed by atoms with Gasteiger partial charge in [0.1, 0.15) is 0 Å². The largest absolute Gasteiger partial charge is 0.465 e. The van der Waals surface area contributed by atoms with Gasteiger partial charge in [-0.15, -0.1) is 0 Å². The summed E-state index contributed by atoms with van der Waals surface area (Å²) < 4.78 is 6.66. The Morgan fingerprint density at radius 1 is 1.14 bits per heavy atom. The molecule has 0 spiro atoms. The van der Waals surface area contributed by atoms with Gasteiger partial charge in [0.05, 0.1) is 12.7 Å². The minimum atomic E-state index is -0.333. The molecule has 1 fully saturated rings. The van der Waals surface area contributed by atoms with Crippen LogP contribution in [0.4, 0.5) is 0 Å². The number of nitrogens with zero attached hydrogens (tertiary/aromatic N) is 1. The Kier molecular flexibility index (Phi) is 3.60. The number of benzene rings is 1. The number of methoxy groups -OCH3 is 1. The summed E-state index contributed by atoms with van der Waals surface area (Å²) in [6.45, 7) is 0.680. The van der Waals surface area contributed by atoms with Gasteiger partial charge in [-0.25, -0.2) is 4.79 Å². The number of aromatic nitrogens is 1. The molecule has 1 aromatic heterocycles. The van der Waals surface area contributed by atoms with Crippen molar-refractivity contribution >= 4 is 11.8 Å². The number of ether oxygens (including phenoxy) is 1. The van der Waals surface area contributed by atoms with Gasteiger partial charge in [0.15, 0.2) is 5.78 Å². The quantitative estimate of drug-likeness (QED) is 0.626. The van der Waals surface area contributed by atoms with Crippen LogP contribution >= 0.6 is 0 Å². The minimum absolute atomic E-state index is 0.250. The van der Waals surface area contributed by atoms with Crippen molar-refractivity contribution in [2.75, 3.05) is 7.11 Å². The van der Waals surface area contributed by atoms with E-state index >= 15 is 0 Å². The van der Waals surface area contributed by atoms with Crippen LogP contribution in [-0.4, -0.2) is 23.4 Å². The van der Waals surface area contributed by atoms with E-state index in [4.69, 9.17) is 0 Å². The van der Waals surface area contributed by atoms with Crippen LogP contribution in [0.5, 0.6) is 0 Å². The van der Waals surface area contributed by atoms with E-state index in [0.29, 0.717) is 12.1 Å². The molecule has 1 aromatic carbocycles. The van der Waals surface area contributed by atoms with Crippen molar-refractivity contribution in [3.05, 3.63) is 59.4 Å². The second-order valence-corrected chi connectivity index (χ2v) is 5.40. The minimum Gasteiger partial charge on any atom is -0.465 e. The Morgan fingerprint density at radius 2 is 1.86 bits per heavy atom. The van der Waals surface area contributed by atoms with Crippen LogP contribution in [0, 0.1) is 5.92 Å². The molecule has 0 aliphatic heterocycles. The molecule has 0 radical (unpaired) electrons. The summed E-state index contributed by atoms with van der Waals surface area (Å²) in [5, 5.41) is 0. The Morgan fingerprint density at radius 3 is 2.48 bits per heavy atom. The molecule has 0 N–H and O–H groups in total. The summed E-state index contributed by atoms with van der Waals surface area (Å²) in [5.74, 6) is 0.176. The molecule has 0 unspecified atom stereocenters. The molecule has 108 valence electrons. The molecule has 4 heteroatoms. The Balaban J connectivity index is 1.68.